The molecule has 2 fully saturated rings. The first kappa shape index (κ1) is 10.7. The molecule has 0 aromatic heterocycles. The molecule has 0 spiro atoms. The molecule has 3 nitrogen and oxygen atoms in total. The molecule has 2 aliphatic rings. The molecule has 0 bridgehead atoms. The summed E-state index contributed by atoms with van der Waals surface area (Å²) < 4.78 is 7.83. The Morgan fingerprint density at radius 3 is 2.71 bits per heavy atom. The van der Waals surface area contributed by atoms with Crippen LogP contribution in [0.2, 0.25) is 0 Å². The second-order valence-electron chi connectivity index (χ2n) is 4.91. The quantitative estimate of drug-likeness (QED) is 0.690. The van der Waals surface area contributed by atoms with Crippen LogP contribution in [0.15, 0.2) is 0 Å². The van der Waals surface area contributed by atoms with Gasteiger partial charge in [-0.05, 0) is 26.7 Å². The van der Waals surface area contributed by atoms with E-state index in [2.05, 4.69) is 32.0 Å². The van der Waals surface area contributed by atoms with E-state index in [0.717, 1.165) is 25.7 Å². The molecule has 0 radical (unpaired) electrons. The summed E-state index contributed by atoms with van der Waals surface area (Å²) in [6.45, 7) is 7.09. The van der Waals surface area contributed by atoms with Gasteiger partial charge in [-0.2, -0.15) is 0 Å². The normalized spacial score (nSPS) is 30.6. The number of hydrogen-bond acceptors (Lipinski definition) is 4. The number of rotatable bonds is 3. The van der Waals surface area contributed by atoms with Gasteiger partial charge in [0.2, 0.25) is 0 Å². The molecule has 82 valence electrons. The Kier molecular flexibility index (Phi) is 3.07. The van der Waals surface area contributed by atoms with Crippen molar-refractivity contribution in [2.75, 3.05) is 19.7 Å². The predicted molar refractivity (Wildman–Crippen MR) is 60.5 cm³/mol. The van der Waals surface area contributed by atoms with Gasteiger partial charge in [0, 0.05) is 24.7 Å². The molecule has 1 heterocycles. The van der Waals surface area contributed by atoms with Crippen molar-refractivity contribution < 1.29 is 4.74 Å². The number of thiol groups is 1. The number of morpholine rings is 1. The first-order valence-electron chi connectivity index (χ1n) is 5.41. The van der Waals surface area contributed by atoms with Gasteiger partial charge in [-0.15, -0.1) is 0 Å². The smallest absolute Gasteiger partial charge is 0.0887 e. The van der Waals surface area contributed by atoms with Crippen LogP contribution in [0, 0.1) is 0 Å². The average molecular weight is 216 g/mol. The topological polar surface area (TPSA) is 24.5 Å². The van der Waals surface area contributed by atoms with Gasteiger partial charge < -0.3 is 10.1 Å². The Bertz CT molecular complexity index is 206. The molecule has 2 rings (SSSR count). The Morgan fingerprint density at radius 2 is 2.14 bits per heavy atom. The maximum atomic E-state index is 5.79. The van der Waals surface area contributed by atoms with E-state index < -0.39 is 0 Å². The molecular formula is C10H20N2OS. The second-order valence-corrected chi connectivity index (χ2v) is 5.48. The van der Waals surface area contributed by atoms with E-state index in [0.29, 0.717) is 0 Å². The van der Waals surface area contributed by atoms with E-state index in [1.54, 1.807) is 0 Å². The third kappa shape index (κ3) is 2.63. The minimum absolute atomic E-state index is 0.0720. The molecule has 1 atom stereocenters. The second kappa shape index (κ2) is 4.00. The maximum absolute atomic E-state index is 5.79. The fraction of sp³-hybridized carbons (Fsp3) is 1.00. The molecule has 0 aromatic rings. The third-order valence-electron chi connectivity index (χ3n) is 3.00. The average Bonchev–Trinajstić information content (AvgIpc) is 2.87. The molecular weight excluding hydrogens is 196 g/mol. The van der Waals surface area contributed by atoms with Gasteiger partial charge in [0.25, 0.3) is 0 Å². The third-order valence-corrected chi connectivity index (χ3v) is 3.37. The van der Waals surface area contributed by atoms with Crippen molar-refractivity contribution in [3.63, 3.8) is 0 Å². The van der Waals surface area contributed by atoms with E-state index in [1.165, 1.54) is 12.8 Å². The molecule has 1 unspecified atom stereocenters. The van der Waals surface area contributed by atoms with Crippen LogP contribution in [0.5, 0.6) is 0 Å². The van der Waals surface area contributed by atoms with Crippen molar-refractivity contribution >= 4 is 12.8 Å². The summed E-state index contributed by atoms with van der Waals surface area (Å²) in [5, 5.41) is 3.63. The SMILES string of the molecule is CC(C)(NC1CC1)C1CN(S)CCO1. The number of hydrogen-bond donors (Lipinski definition) is 2. The van der Waals surface area contributed by atoms with Crippen molar-refractivity contribution in [2.45, 2.75) is 44.4 Å². The van der Waals surface area contributed by atoms with Crippen LogP contribution in [0.25, 0.3) is 0 Å². The van der Waals surface area contributed by atoms with Gasteiger partial charge in [-0.1, -0.05) is 12.8 Å². The highest BCUT2D eigenvalue weighted by Crippen LogP contribution is 2.26. The zero-order chi connectivity index (χ0) is 10.2. The molecule has 14 heavy (non-hydrogen) atoms. The van der Waals surface area contributed by atoms with Crippen LogP contribution >= 0.6 is 12.8 Å². The highest BCUT2D eigenvalue weighted by Gasteiger charge is 2.37. The number of nitrogens with one attached hydrogen (secondary N) is 1. The van der Waals surface area contributed by atoms with Gasteiger partial charge in [0.1, 0.15) is 0 Å². The van der Waals surface area contributed by atoms with Crippen LogP contribution in [-0.4, -0.2) is 41.7 Å². The molecule has 1 saturated carbocycles. The van der Waals surface area contributed by atoms with E-state index in [1.807, 2.05) is 4.31 Å². The molecule has 1 saturated heterocycles. The summed E-state index contributed by atoms with van der Waals surface area (Å²) >= 11 is 4.38. The molecule has 4 heteroatoms. The Hall–Kier alpha value is 0.230. The molecule has 1 aliphatic heterocycles. The van der Waals surface area contributed by atoms with Gasteiger partial charge in [-0.3, -0.25) is 0 Å². The van der Waals surface area contributed by atoms with Crippen LogP contribution in [0.3, 0.4) is 0 Å². The van der Waals surface area contributed by atoms with Crippen LogP contribution in [0.1, 0.15) is 26.7 Å². The lowest BCUT2D eigenvalue weighted by Gasteiger charge is -2.40. The minimum Gasteiger partial charge on any atom is -0.374 e. The van der Waals surface area contributed by atoms with Gasteiger partial charge in [-0.25, -0.2) is 4.31 Å². The van der Waals surface area contributed by atoms with Crippen LogP contribution in [-0.2, 0) is 4.74 Å². The fourth-order valence-electron chi connectivity index (χ4n) is 1.92. The fourth-order valence-corrected chi connectivity index (χ4v) is 2.15. The summed E-state index contributed by atoms with van der Waals surface area (Å²) in [5.74, 6) is 0. The first-order chi connectivity index (χ1) is 6.58. The van der Waals surface area contributed by atoms with Gasteiger partial charge in [0.15, 0.2) is 0 Å². The first-order valence-corrected chi connectivity index (χ1v) is 5.81. The Morgan fingerprint density at radius 1 is 1.43 bits per heavy atom. The predicted octanol–water partition coefficient (Wildman–Crippen LogP) is 1.06. The zero-order valence-electron chi connectivity index (χ0n) is 8.99. The Balaban J connectivity index is 1.89. The van der Waals surface area contributed by atoms with E-state index in [9.17, 15) is 0 Å². The lowest BCUT2D eigenvalue weighted by atomic mass is 9.96. The lowest BCUT2D eigenvalue weighted by molar-refractivity contribution is -0.0441. The highest BCUT2D eigenvalue weighted by molar-refractivity contribution is 7.77. The van der Waals surface area contributed by atoms with Crippen molar-refractivity contribution in [2.24, 2.45) is 0 Å². The van der Waals surface area contributed by atoms with E-state index in [4.69, 9.17) is 4.74 Å². The number of nitrogens with zero attached hydrogens (tertiary/aromatic N) is 1. The lowest BCUT2D eigenvalue weighted by Crippen LogP contribution is -2.57. The monoisotopic (exact) mass is 216 g/mol. The molecule has 1 N–H and O–H groups in total. The minimum atomic E-state index is 0.0720. The van der Waals surface area contributed by atoms with E-state index >= 15 is 0 Å². The Labute approximate surface area is 91.7 Å². The summed E-state index contributed by atoms with van der Waals surface area (Å²) in [5.41, 5.74) is 0.0720. The number of ether oxygens (including phenoxy) is 1. The van der Waals surface area contributed by atoms with Crippen LogP contribution in [0.4, 0.5) is 0 Å². The van der Waals surface area contributed by atoms with Gasteiger partial charge in [0.05, 0.1) is 12.7 Å². The standard InChI is InChI=1S/C10H20N2OS/c1-10(2,11-8-3-4-8)9-7-12(14)5-6-13-9/h8-9,11,14H,3-7H2,1-2H3. The maximum Gasteiger partial charge on any atom is 0.0887 e. The summed E-state index contributed by atoms with van der Waals surface area (Å²) in [6, 6.07) is 0.726. The summed E-state index contributed by atoms with van der Waals surface area (Å²) in [4.78, 5) is 0. The molecule has 0 aromatic carbocycles. The largest absolute Gasteiger partial charge is 0.374 e. The molecule has 1 aliphatic carbocycles. The summed E-state index contributed by atoms with van der Waals surface area (Å²) in [7, 11) is 0. The van der Waals surface area contributed by atoms with Gasteiger partial charge >= 0.3 is 0 Å². The van der Waals surface area contributed by atoms with Crippen molar-refractivity contribution in [1.82, 2.24) is 9.62 Å². The molecule has 0 amide bonds. The van der Waals surface area contributed by atoms with E-state index in [-0.39, 0.29) is 11.6 Å². The zero-order valence-corrected chi connectivity index (χ0v) is 9.89. The van der Waals surface area contributed by atoms with Crippen molar-refractivity contribution in [3.05, 3.63) is 0 Å². The highest BCUT2D eigenvalue weighted by atomic mass is 32.1. The van der Waals surface area contributed by atoms with Crippen molar-refractivity contribution in [3.8, 4) is 0 Å². The van der Waals surface area contributed by atoms with Crippen molar-refractivity contribution in [1.29, 1.82) is 0 Å². The summed E-state index contributed by atoms with van der Waals surface area (Å²) in [6.07, 6.45) is 2.90. The van der Waals surface area contributed by atoms with Crippen LogP contribution < -0.4 is 5.32 Å².